The number of fused-ring (bicyclic) bond motifs is 1. The molecule has 2 aliphatic carbocycles. The molecule has 0 amide bonds. The van der Waals surface area contributed by atoms with Gasteiger partial charge in [-0.1, -0.05) is 50.6 Å². The summed E-state index contributed by atoms with van der Waals surface area (Å²) in [6, 6.07) is 10.6. The minimum absolute atomic E-state index is 0.0567. The molecule has 18 heavy (non-hydrogen) atoms. The molecule has 1 aromatic carbocycles. The number of hydrogen-bond donors (Lipinski definition) is 0. The van der Waals surface area contributed by atoms with Crippen molar-refractivity contribution in [2.75, 3.05) is 0 Å². The van der Waals surface area contributed by atoms with Crippen LogP contribution < -0.4 is 0 Å². The third-order valence-electron chi connectivity index (χ3n) is 4.89. The lowest BCUT2D eigenvalue weighted by atomic mass is 9.70. The molecular weight excluding hydrogens is 220 g/mol. The van der Waals surface area contributed by atoms with E-state index in [1.165, 1.54) is 30.7 Å². The second-order valence-corrected chi connectivity index (χ2v) is 6.12. The van der Waals surface area contributed by atoms with Crippen molar-refractivity contribution in [2.24, 2.45) is 17.3 Å². The van der Waals surface area contributed by atoms with Crippen LogP contribution in [0.5, 0.6) is 0 Å². The van der Waals surface area contributed by atoms with Crippen molar-refractivity contribution in [1.29, 1.82) is 0 Å². The summed E-state index contributed by atoms with van der Waals surface area (Å²) in [4.78, 5) is 11.5. The molecule has 2 unspecified atom stereocenters. The smallest absolute Gasteiger partial charge is 0.128 e. The summed E-state index contributed by atoms with van der Waals surface area (Å²) >= 11 is 0. The first-order chi connectivity index (χ1) is 8.66. The largest absolute Gasteiger partial charge is 0.303 e. The van der Waals surface area contributed by atoms with Crippen LogP contribution >= 0.6 is 0 Å². The van der Waals surface area contributed by atoms with Gasteiger partial charge in [0.1, 0.15) is 6.29 Å². The van der Waals surface area contributed by atoms with Gasteiger partial charge in [-0.2, -0.15) is 0 Å². The minimum Gasteiger partial charge on any atom is -0.303 e. The summed E-state index contributed by atoms with van der Waals surface area (Å²) in [7, 11) is 0. The Morgan fingerprint density at radius 1 is 1.11 bits per heavy atom. The minimum atomic E-state index is -0.0567. The van der Waals surface area contributed by atoms with Crippen molar-refractivity contribution in [3.05, 3.63) is 47.7 Å². The van der Waals surface area contributed by atoms with Crippen molar-refractivity contribution < 1.29 is 4.79 Å². The molecule has 0 aliphatic heterocycles. The summed E-state index contributed by atoms with van der Waals surface area (Å²) in [5.41, 5.74) is 1.27. The number of carbonyl (C=O) groups is 1. The van der Waals surface area contributed by atoms with Crippen molar-refractivity contribution in [1.82, 2.24) is 0 Å². The maximum atomic E-state index is 11.5. The van der Waals surface area contributed by atoms with Crippen molar-refractivity contribution in [3.8, 4) is 0 Å². The van der Waals surface area contributed by atoms with E-state index in [2.05, 4.69) is 44.2 Å². The van der Waals surface area contributed by atoms with Crippen LogP contribution in [-0.4, -0.2) is 6.29 Å². The van der Waals surface area contributed by atoms with E-state index in [-0.39, 0.29) is 5.41 Å². The molecule has 2 saturated carbocycles. The highest BCUT2D eigenvalue weighted by Gasteiger charge is 2.57. The average molecular weight is 240 g/mol. The Kier molecular flexibility index (Phi) is 2.80. The molecule has 0 N–H and O–H groups in total. The van der Waals surface area contributed by atoms with E-state index in [1.807, 2.05) is 0 Å². The maximum Gasteiger partial charge on any atom is 0.128 e. The van der Waals surface area contributed by atoms with E-state index in [9.17, 15) is 4.79 Å². The van der Waals surface area contributed by atoms with Crippen LogP contribution in [0, 0.1) is 29.1 Å². The van der Waals surface area contributed by atoms with Gasteiger partial charge < -0.3 is 4.79 Å². The fourth-order valence-corrected chi connectivity index (χ4v) is 4.19. The van der Waals surface area contributed by atoms with Crippen LogP contribution in [0.25, 0.3) is 0 Å². The Balaban J connectivity index is 2.04. The molecule has 3 rings (SSSR count). The van der Waals surface area contributed by atoms with Crippen molar-refractivity contribution in [3.63, 3.8) is 0 Å². The van der Waals surface area contributed by atoms with E-state index in [0.717, 1.165) is 12.2 Å². The Bertz CT molecular complexity index is 434. The van der Waals surface area contributed by atoms with Gasteiger partial charge in [0.2, 0.25) is 0 Å². The summed E-state index contributed by atoms with van der Waals surface area (Å²) in [5, 5.41) is 0. The number of benzene rings is 1. The highest BCUT2D eigenvalue weighted by atomic mass is 16.1. The molecule has 94 valence electrons. The molecule has 0 spiro atoms. The first-order valence-electron chi connectivity index (χ1n) is 6.91. The SMILES string of the molecule is CC1(C)[C](C=O)C2CCCC2[C]1c1ccccc1. The molecule has 1 aromatic rings. The molecule has 0 heterocycles. The van der Waals surface area contributed by atoms with Crippen LogP contribution in [0.3, 0.4) is 0 Å². The lowest BCUT2D eigenvalue weighted by Crippen LogP contribution is -2.26. The van der Waals surface area contributed by atoms with Crippen LogP contribution in [0.4, 0.5) is 0 Å². The topological polar surface area (TPSA) is 17.1 Å². The number of hydrogen-bond acceptors (Lipinski definition) is 1. The predicted octanol–water partition coefficient (Wildman–Crippen LogP) is 3.84. The summed E-state index contributed by atoms with van der Waals surface area (Å²) in [6.07, 6.45) is 4.84. The quantitative estimate of drug-likeness (QED) is 0.718. The van der Waals surface area contributed by atoms with Gasteiger partial charge >= 0.3 is 0 Å². The van der Waals surface area contributed by atoms with E-state index in [1.54, 1.807) is 0 Å². The molecule has 2 radical (unpaired) electrons. The van der Waals surface area contributed by atoms with Gasteiger partial charge in [0.05, 0.1) is 0 Å². The van der Waals surface area contributed by atoms with E-state index < -0.39 is 0 Å². The normalized spacial score (nSPS) is 31.4. The van der Waals surface area contributed by atoms with Gasteiger partial charge in [-0.25, -0.2) is 0 Å². The summed E-state index contributed by atoms with van der Waals surface area (Å²) < 4.78 is 0. The zero-order chi connectivity index (χ0) is 12.8. The first kappa shape index (κ1) is 12.0. The van der Waals surface area contributed by atoms with Crippen molar-refractivity contribution in [2.45, 2.75) is 33.1 Å². The molecular formula is C17H20O. The first-order valence-corrected chi connectivity index (χ1v) is 6.91. The predicted molar refractivity (Wildman–Crippen MR) is 72.7 cm³/mol. The lowest BCUT2D eigenvalue weighted by molar-refractivity contribution is -0.107. The van der Waals surface area contributed by atoms with Crippen molar-refractivity contribution >= 4 is 6.29 Å². The number of aldehydes is 1. The second-order valence-electron chi connectivity index (χ2n) is 6.12. The highest BCUT2D eigenvalue weighted by molar-refractivity contribution is 5.75. The highest BCUT2D eigenvalue weighted by Crippen LogP contribution is 2.63. The Hall–Kier alpha value is -1.11. The van der Waals surface area contributed by atoms with E-state index >= 15 is 0 Å². The third-order valence-corrected chi connectivity index (χ3v) is 4.89. The van der Waals surface area contributed by atoms with Gasteiger partial charge in [-0.05, 0) is 35.7 Å². The van der Waals surface area contributed by atoms with Crippen LogP contribution in [-0.2, 0) is 4.79 Å². The van der Waals surface area contributed by atoms with Crippen LogP contribution in [0.2, 0.25) is 0 Å². The molecule has 1 nitrogen and oxygen atoms in total. The molecule has 0 aromatic heterocycles. The van der Waals surface area contributed by atoms with Gasteiger partial charge in [-0.15, -0.1) is 0 Å². The van der Waals surface area contributed by atoms with Gasteiger partial charge in [0, 0.05) is 11.8 Å². The molecule has 2 aliphatic rings. The second kappa shape index (κ2) is 4.22. The zero-order valence-corrected chi connectivity index (χ0v) is 11.1. The molecule has 1 heteroatoms. The van der Waals surface area contributed by atoms with Crippen LogP contribution in [0.1, 0.15) is 38.7 Å². The zero-order valence-electron chi connectivity index (χ0n) is 11.1. The molecule has 0 bridgehead atoms. The van der Waals surface area contributed by atoms with E-state index in [0.29, 0.717) is 11.8 Å². The Labute approximate surface area is 110 Å². The fraction of sp³-hybridized carbons (Fsp3) is 0.471. The van der Waals surface area contributed by atoms with Gasteiger partial charge in [0.15, 0.2) is 0 Å². The van der Waals surface area contributed by atoms with Gasteiger partial charge in [0.25, 0.3) is 0 Å². The maximum absolute atomic E-state index is 11.5. The number of carbonyl (C=O) groups excluding carboxylic acids is 1. The summed E-state index contributed by atoms with van der Waals surface area (Å²) in [6.45, 7) is 4.44. The third kappa shape index (κ3) is 1.56. The van der Waals surface area contributed by atoms with Crippen LogP contribution in [0.15, 0.2) is 30.3 Å². The lowest BCUT2D eigenvalue weighted by Gasteiger charge is -2.32. The van der Waals surface area contributed by atoms with Gasteiger partial charge in [-0.3, -0.25) is 0 Å². The monoisotopic (exact) mass is 240 g/mol. The number of rotatable bonds is 2. The summed E-state index contributed by atoms with van der Waals surface area (Å²) in [5.74, 6) is 3.73. The average Bonchev–Trinajstić information content (AvgIpc) is 2.86. The molecule has 0 saturated heterocycles. The van der Waals surface area contributed by atoms with E-state index in [4.69, 9.17) is 0 Å². The fourth-order valence-electron chi connectivity index (χ4n) is 4.19. The molecule has 2 atom stereocenters. The standard InChI is InChI=1S/C17H20O/c1-17(2)15(11-18)13-9-6-10-14(13)16(17)12-7-4-3-5-8-12/h3-5,7-8,11,13-14H,6,9-10H2,1-2H3. The molecule has 2 fully saturated rings. The Morgan fingerprint density at radius 3 is 2.44 bits per heavy atom. The Morgan fingerprint density at radius 2 is 1.78 bits per heavy atom.